The number of hydrogen-bond donors (Lipinski definition) is 4. The second-order valence-electron chi connectivity index (χ2n) is 8.61. The Morgan fingerprint density at radius 1 is 0.861 bits per heavy atom. The lowest BCUT2D eigenvalue weighted by Gasteiger charge is -2.60. The van der Waals surface area contributed by atoms with E-state index in [1.807, 2.05) is 115 Å². The van der Waals surface area contributed by atoms with Crippen molar-refractivity contribution in [2.75, 3.05) is 42.8 Å². The van der Waals surface area contributed by atoms with Crippen LogP contribution < -0.4 is 21.8 Å². The highest BCUT2D eigenvalue weighted by Gasteiger charge is 2.66. The fraction of sp³-hybridized carbons (Fsp3) is 0.333. The van der Waals surface area contributed by atoms with Crippen LogP contribution in [-0.2, 0) is 9.47 Å². The van der Waals surface area contributed by atoms with Gasteiger partial charge in [0.2, 0.25) is 0 Å². The summed E-state index contributed by atoms with van der Waals surface area (Å²) in [4.78, 5) is 2.03. The van der Waals surface area contributed by atoms with Crippen LogP contribution in [0.3, 0.4) is 0 Å². The number of para-hydroxylation sites is 3. The molecule has 0 aliphatic carbocycles. The zero-order valence-corrected chi connectivity index (χ0v) is 21.7. The first-order valence-electron chi connectivity index (χ1n) is 12.1. The van der Waals surface area contributed by atoms with Crippen LogP contribution in [0.4, 0.5) is 17.1 Å². The molecule has 3 atom stereocenters. The van der Waals surface area contributed by atoms with Gasteiger partial charge in [0, 0.05) is 24.2 Å². The van der Waals surface area contributed by atoms with Crippen molar-refractivity contribution in [3.05, 3.63) is 91.0 Å². The molecule has 4 rings (SSSR count). The van der Waals surface area contributed by atoms with E-state index in [2.05, 4.69) is 16.1 Å². The topological polar surface area (TPSA) is 87.1 Å². The Morgan fingerprint density at radius 2 is 1.33 bits per heavy atom. The van der Waals surface area contributed by atoms with E-state index in [0.29, 0.717) is 13.1 Å². The largest absolute Gasteiger partial charge is 0.347 e. The predicted octanol–water partition coefficient (Wildman–Crippen LogP) is 4.72. The molecule has 3 aromatic carbocycles. The van der Waals surface area contributed by atoms with Crippen molar-refractivity contribution in [3.8, 4) is 0 Å². The molecule has 1 heterocycles. The molecule has 8 nitrogen and oxygen atoms in total. The van der Waals surface area contributed by atoms with Gasteiger partial charge in [-0.05, 0) is 49.5 Å². The normalized spacial score (nSPS) is 26.5. The van der Waals surface area contributed by atoms with E-state index in [9.17, 15) is 0 Å². The minimum absolute atomic E-state index is 0.217. The number of nitrogens with two attached hydrogens (primary N) is 1. The molecule has 3 aromatic rings. The number of benzene rings is 3. The van der Waals surface area contributed by atoms with E-state index >= 15 is 0 Å². The molecule has 0 saturated carbocycles. The van der Waals surface area contributed by atoms with Crippen LogP contribution in [0.15, 0.2) is 91.0 Å². The summed E-state index contributed by atoms with van der Waals surface area (Å²) in [5.41, 5.74) is 12.8. The monoisotopic (exact) mass is 510 g/mol. The highest BCUT2D eigenvalue weighted by Crippen LogP contribution is 2.45. The summed E-state index contributed by atoms with van der Waals surface area (Å²) >= 11 is 7.58. The van der Waals surface area contributed by atoms with Gasteiger partial charge in [-0.25, -0.2) is 0 Å². The number of nitrogens with zero attached hydrogens (tertiary/aromatic N) is 2. The number of likely N-dealkylation sites (N-methyl/N-ethyl adjacent to an activating group) is 1. The Hall–Kier alpha value is -2.85. The summed E-state index contributed by atoms with van der Waals surface area (Å²) in [5.74, 6) is -2.90. The van der Waals surface area contributed by atoms with E-state index in [0.717, 1.165) is 17.1 Å². The van der Waals surface area contributed by atoms with E-state index in [4.69, 9.17) is 26.8 Å². The third kappa shape index (κ3) is 5.15. The number of methoxy groups -OCH3 is 1. The number of morpholine rings is 1. The molecule has 1 aliphatic rings. The number of ether oxygens (including phenoxy) is 2. The lowest BCUT2D eigenvalue weighted by molar-refractivity contribution is -0.359. The second-order valence-corrected chi connectivity index (χ2v) is 9.15. The molecule has 0 spiro atoms. The van der Waals surface area contributed by atoms with Crippen molar-refractivity contribution in [2.45, 2.75) is 30.7 Å². The van der Waals surface area contributed by atoms with E-state index in [1.165, 1.54) is 0 Å². The zero-order valence-electron chi connectivity index (χ0n) is 20.9. The maximum Gasteiger partial charge on any atom is 0.307 e. The molecule has 1 aliphatic heterocycles. The Bertz CT molecular complexity index is 1090. The Kier molecular flexibility index (Phi) is 8.04. The summed E-state index contributed by atoms with van der Waals surface area (Å²) in [7, 11) is 1.55. The Labute approximate surface area is 218 Å². The maximum atomic E-state index is 7.58. The van der Waals surface area contributed by atoms with Crippen LogP contribution in [0.2, 0.25) is 0 Å². The van der Waals surface area contributed by atoms with Crippen LogP contribution in [0.1, 0.15) is 13.8 Å². The Morgan fingerprint density at radius 3 is 1.81 bits per heavy atom. The first-order valence-corrected chi connectivity index (χ1v) is 12.5. The smallest absolute Gasteiger partial charge is 0.307 e. The van der Waals surface area contributed by atoms with Gasteiger partial charge < -0.3 is 20.8 Å². The number of rotatable bonds is 10. The van der Waals surface area contributed by atoms with Crippen LogP contribution in [0.25, 0.3) is 0 Å². The first-order chi connectivity index (χ1) is 17.4. The van der Waals surface area contributed by atoms with Crippen molar-refractivity contribution in [1.82, 2.24) is 9.91 Å². The highest BCUT2D eigenvalue weighted by molar-refractivity contribution is 6.25. The lowest BCUT2D eigenvalue weighted by atomic mass is 10.1. The van der Waals surface area contributed by atoms with Gasteiger partial charge in [0.1, 0.15) is 0 Å². The molecule has 9 heteroatoms. The number of hydrazine groups is 1. The average molecular weight is 511 g/mol. The molecule has 5 N–H and O–H groups in total. The number of anilines is 3. The standard InChI is InChI=1S/C27H35ClN6O2/c1-4-33(5-2)25(29)21-34(32-24-19-13-8-14-20-24)26(28,30-22-15-9-6-10-16-22)27(35-3,36-25)31-23-17-11-7-12-18-23/h6-20,30-32H,4-5,21,29H2,1-3H3. The van der Waals surface area contributed by atoms with Gasteiger partial charge >= 0.3 is 5.91 Å². The fourth-order valence-corrected chi connectivity index (χ4v) is 4.85. The van der Waals surface area contributed by atoms with Gasteiger partial charge in [0.25, 0.3) is 5.12 Å². The maximum absolute atomic E-state index is 7.58. The van der Waals surface area contributed by atoms with Gasteiger partial charge in [-0.15, -0.1) is 0 Å². The summed E-state index contributed by atoms with van der Waals surface area (Å²) < 4.78 is 12.9. The second kappa shape index (κ2) is 11.0. The lowest BCUT2D eigenvalue weighted by Crippen LogP contribution is -2.83. The van der Waals surface area contributed by atoms with Gasteiger partial charge in [-0.1, -0.05) is 80.0 Å². The molecular formula is C27H35ClN6O2. The predicted molar refractivity (Wildman–Crippen MR) is 146 cm³/mol. The minimum Gasteiger partial charge on any atom is -0.347 e. The third-order valence-electron chi connectivity index (χ3n) is 6.30. The van der Waals surface area contributed by atoms with Crippen molar-refractivity contribution in [3.63, 3.8) is 0 Å². The highest BCUT2D eigenvalue weighted by atomic mass is 35.5. The molecule has 192 valence electrons. The van der Waals surface area contributed by atoms with Crippen molar-refractivity contribution in [1.29, 1.82) is 0 Å². The van der Waals surface area contributed by atoms with E-state index < -0.39 is 16.9 Å². The van der Waals surface area contributed by atoms with Gasteiger partial charge in [-0.2, -0.15) is 5.01 Å². The van der Waals surface area contributed by atoms with Gasteiger partial charge in [-0.3, -0.25) is 15.4 Å². The van der Waals surface area contributed by atoms with E-state index in [-0.39, 0.29) is 6.54 Å². The quantitative estimate of drug-likeness (QED) is 0.177. The third-order valence-corrected chi connectivity index (χ3v) is 6.85. The van der Waals surface area contributed by atoms with Crippen LogP contribution in [-0.4, -0.2) is 53.5 Å². The van der Waals surface area contributed by atoms with Crippen molar-refractivity contribution in [2.24, 2.45) is 5.73 Å². The fourth-order valence-electron chi connectivity index (χ4n) is 4.48. The molecule has 1 saturated heterocycles. The van der Waals surface area contributed by atoms with Crippen molar-refractivity contribution >= 4 is 28.7 Å². The summed E-state index contributed by atoms with van der Waals surface area (Å²) in [6.45, 7) is 5.63. The number of hydrogen-bond acceptors (Lipinski definition) is 8. The van der Waals surface area contributed by atoms with Crippen molar-refractivity contribution < 1.29 is 9.47 Å². The number of alkyl halides is 1. The first kappa shape index (κ1) is 26.2. The summed E-state index contributed by atoms with van der Waals surface area (Å²) in [6.07, 6.45) is 0. The van der Waals surface area contributed by atoms with Crippen LogP contribution in [0.5, 0.6) is 0 Å². The molecule has 3 unspecified atom stereocenters. The minimum atomic E-state index is -1.65. The molecule has 1 fully saturated rings. The van der Waals surface area contributed by atoms with Crippen LogP contribution >= 0.6 is 11.6 Å². The van der Waals surface area contributed by atoms with Crippen LogP contribution in [0, 0.1) is 0 Å². The Balaban J connectivity index is 1.87. The molecule has 0 radical (unpaired) electrons. The number of nitrogens with one attached hydrogen (secondary N) is 3. The average Bonchev–Trinajstić information content (AvgIpc) is 2.89. The molecule has 0 amide bonds. The molecule has 0 aromatic heterocycles. The molecule has 0 bridgehead atoms. The van der Waals surface area contributed by atoms with Gasteiger partial charge in [0.15, 0.2) is 5.85 Å². The summed E-state index contributed by atoms with van der Waals surface area (Å²) in [6, 6.07) is 29.1. The van der Waals surface area contributed by atoms with E-state index in [1.54, 1.807) is 7.11 Å². The summed E-state index contributed by atoms with van der Waals surface area (Å²) in [5, 5.41) is 7.17. The SMILES string of the molecule is CCN(CC)C1(N)CN(Nc2ccccc2)C(Cl)(Nc2ccccc2)C(Nc2ccccc2)(OC)O1. The van der Waals surface area contributed by atoms with Gasteiger partial charge in [0.05, 0.1) is 6.54 Å². The molecular weight excluding hydrogens is 476 g/mol. The zero-order chi connectivity index (χ0) is 25.7. The molecule has 36 heavy (non-hydrogen) atoms. The number of halogens is 1.